The number of anilines is 1. The predicted molar refractivity (Wildman–Crippen MR) is 85.1 cm³/mol. The lowest BCUT2D eigenvalue weighted by atomic mass is 10.1. The highest BCUT2D eigenvalue weighted by Crippen LogP contribution is 2.22. The maximum absolute atomic E-state index is 12.1. The van der Waals surface area contributed by atoms with E-state index in [4.69, 9.17) is 28.5 Å². The number of nitriles is 1. The summed E-state index contributed by atoms with van der Waals surface area (Å²) in [6, 6.07) is 15.6. The molecular formula is C16H10Cl2N2O. The van der Waals surface area contributed by atoms with Crippen LogP contribution in [0.1, 0.15) is 5.56 Å². The summed E-state index contributed by atoms with van der Waals surface area (Å²) in [4.78, 5) is 12.1. The number of rotatable bonds is 3. The fraction of sp³-hybridized carbons (Fsp3) is 0. The zero-order chi connectivity index (χ0) is 15.2. The van der Waals surface area contributed by atoms with Crippen LogP contribution < -0.4 is 5.32 Å². The highest BCUT2D eigenvalue weighted by molar-refractivity contribution is 6.34. The van der Waals surface area contributed by atoms with Crippen LogP contribution in [0.15, 0.2) is 54.1 Å². The molecule has 1 N–H and O–H groups in total. The van der Waals surface area contributed by atoms with Gasteiger partial charge in [0.15, 0.2) is 0 Å². The molecule has 0 radical (unpaired) electrons. The van der Waals surface area contributed by atoms with E-state index in [1.54, 1.807) is 48.5 Å². The number of carbonyl (C=O) groups excluding carboxylic acids is 1. The van der Waals surface area contributed by atoms with Crippen LogP contribution in [0.25, 0.3) is 6.08 Å². The average molecular weight is 317 g/mol. The Bertz CT molecular complexity index is 748. The first kappa shape index (κ1) is 15.1. The first-order valence-electron chi connectivity index (χ1n) is 6.04. The zero-order valence-electron chi connectivity index (χ0n) is 10.8. The standard InChI is InChI=1S/C16H10Cl2N2O/c17-13-6-2-1-5-11(13)9-12(10-19)16(21)20-15-8-4-3-7-14(15)18/h1-9H,(H,20,21)/b12-9+. The number of amides is 1. The molecule has 0 fully saturated rings. The van der Waals surface area contributed by atoms with Gasteiger partial charge in [0.05, 0.1) is 10.7 Å². The van der Waals surface area contributed by atoms with E-state index in [0.29, 0.717) is 21.3 Å². The van der Waals surface area contributed by atoms with Crippen molar-refractivity contribution in [2.45, 2.75) is 0 Å². The molecule has 0 bridgehead atoms. The van der Waals surface area contributed by atoms with Gasteiger partial charge in [-0.15, -0.1) is 0 Å². The molecule has 21 heavy (non-hydrogen) atoms. The molecular weight excluding hydrogens is 307 g/mol. The largest absolute Gasteiger partial charge is 0.320 e. The van der Waals surface area contributed by atoms with E-state index < -0.39 is 5.91 Å². The Morgan fingerprint density at radius 3 is 2.29 bits per heavy atom. The summed E-state index contributed by atoms with van der Waals surface area (Å²) < 4.78 is 0. The number of para-hydroxylation sites is 1. The van der Waals surface area contributed by atoms with Gasteiger partial charge >= 0.3 is 0 Å². The number of nitrogens with one attached hydrogen (secondary N) is 1. The molecule has 0 aliphatic heterocycles. The van der Waals surface area contributed by atoms with Gasteiger partial charge in [-0.05, 0) is 29.8 Å². The smallest absolute Gasteiger partial charge is 0.266 e. The van der Waals surface area contributed by atoms with Crippen molar-refractivity contribution < 1.29 is 4.79 Å². The van der Waals surface area contributed by atoms with Crippen LogP contribution >= 0.6 is 23.2 Å². The summed E-state index contributed by atoms with van der Waals surface area (Å²) >= 11 is 12.0. The molecule has 5 heteroatoms. The van der Waals surface area contributed by atoms with Crippen molar-refractivity contribution in [3.05, 3.63) is 69.7 Å². The van der Waals surface area contributed by atoms with Crippen LogP contribution in [-0.2, 0) is 4.79 Å². The van der Waals surface area contributed by atoms with E-state index in [-0.39, 0.29) is 5.57 Å². The van der Waals surface area contributed by atoms with Crippen molar-refractivity contribution in [2.24, 2.45) is 0 Å². The molecule has 0 aliphatic rings. The molecule has 3 nitrogen and oxygen atoms in total. The zero-order valence-corrected chi connectivity index (χ0v) is 12.3. The summed E-state index contributed by atoms with van der Waals surface area (Å²) in [6.45, 7) is 0. The second kappa shape index (κ2) is 6.94. The minimum Gasteiger partial charge on any atom is -0.320 e. The summed E-state index contributed by atoms with van der Waals surface area (Å²) in [5, 5.41) is 12.6. The third-order valence-corrected chi connectivity index (χ3v) is 3.37. The van der Waals surface area contributed by atoms with Crippen LogP contribution in [-0.4, -0.2) is 5.91 Å². The molecule has 2 rings (SSSR count). The second-order valence-electron chi connectivity index (χ2n) is 4.13. The molecule has 0 aromatic heterocycles. The minimum absolute atomic E-state index is 0.0528. The van der Waals surface area contributed by atoms with E-state index in [2.05, 4.69) is 5.32 Å². The van der Waals surface area contributed by atoms with Crippen molar-refractivity contribution in [3.8, 4) is 6.07 Å². The number of hydrogen-bond donors (Lipinski definition) is 1. The third kappa shape index (κ3) is 3.85. The maximum Gasteiger partial charge on any atom is 0.266 e. The van der Waals surface area contributed by atoms with E-state index in [1.807, 2.05) is 6.07 Å². The number of carbonyl (C=O) groups is 1. The topological polar surface area (TPSA) is 52.9 Å². The maximum atomic E-state index is 12.1. The van der Waals surface area contributed by atoms with Crippen LogP contribution in [0.2, 0.25) is 10.0 Å². The molecule has 0 unspecified atom stereocenters. The second-order valence-corrected chi connectivity index (χ2v) is 4.94. The van der Waals surface area contributed by atoms with Crippen molar-refractivity contribution in [1.82, 2.24) is 0 Å². The summed E-state index contributed by atoms with van der Waals surface area (Å²) in [7, 11) is 0. The van der Waals surface area contributed by atoms with Gasteiger partial charge in [-0.2, -0.15) is 5.26 Å². The summed E-state index contributed by atoms with van der Waals surface area (Å²) in [5.41, 5.74) is 0.998. The van der Waals surface area contributed by atoms with Gasteiger partial charge in [-0.25, -0.2) is 0 Å². The summed E-state index contributed by atoms with van der Waals surface area (Å²) in [5.74, 6) is -0.537. The Hall–Kier alpha value is -2.28. The van der Waals surface area contributed by atoms with Crippen molar-refractivity contribution >= 4 is 40.9 Å². The molecule has 0 aliphatic carbocycles. The third-order valence-electron chi connectivity index (χ3n) is 2.69. The molecule has 1 amide bonds. The number of halogens is 2. The lowest BCUT2D eigenvalue weighted by Crippen LogP contribution is -2.13. The lowest BCUT2D eigenvalue weighted by Gasteiger charge is -2.06. The van der Waals surface area contributed by atoms with Gasteiger partial charge in [0.2, 0.25) is 0 Å². The van der Waals surface area contributed by atoms with E-state index in [1.165, 1.54) is 6.08 Å². The van der Waals surface area contributed by atoms with E-state index >= 15 is 0 Å². The fourth-order valence-electron chi connectivity index (χ4n) is 1.65. The Balaban J connectivity index is 2.26. The lowest BCUT2D eigenvalue weighted by molar-refractivity contribution is -0.112. The van der Waals surface area contributed by atoms with Crippen molar-refractivity contribution in [1.29, 1.82) is 5.26 Å². The molecule has 0 heterocycles. The van der Waals surface area contributed by atoms with Crippen LogP contribution in [0.4, 0.5) is 5.69 Å². The highest BCUT2D eigenvalue weighted by atomic mass is 35.5. The van der Waals surface area contributed by atoms with E-state index in [0.717, 1.165) is 0 Å². The Kier molecular flexibility index (Phi) is 4.99. The van der Waals surface area contributed by atoms with Crippen molar-refractivity contribution in [3.63, 3.8) is 0 Å². The Labute approximate surface area is 132 Å². The normalized spacial score (nSPS) is 10.8. The first-order valence-corrected chi connectivity index (χ1v) is 6.79. The Morgan fingerprint density at radius 2 is 1.67 bits per heavy atom. The van der Waals surface area contributed by atoms with Gasteiger partial charge in [0.1, 0.15) is 11.6 Å². The SMILES string of the molecule is N#C/C(=C\c1ccccc1Cl)C(=O)Nc1ccccc1Cl. The molecule has 0 spiro atoms. The monoisotopic (exact) mass is 316 g/mol. The number of nitrogens with zero attached hydrogens (tertiary/aromatic N) is 1. The quantitative estimate of drug-likeness (QED) is 0.667. The molecule has 2 aromatic carbocycles. The van der Waals surface area contributed by atoms with Gasteiger partial charge in [-0.1, -0.05) is 53.5 Å². The molecule has 0 saturated heterocycles. The van der Waals surface area contributed by atoms with Crippen LogP contribution in [0.3, 0.4) is 0 Å². The van der Waals surface area contributed by atoms with Gasteiger partial charge in [-0.3, -0.25) is 4.79 Å². The number of hydrogen-bond acceptors (Lipinski definition) is 2. The van der Waals surface area contributed by atoms with Crippen molar-refractivity contribution in [2.75, 3.05) is 5.32 Å². The first-order chi connectivity index (χ1) is 10.1. The molecule has 0 atom stereocenters. The van der Waals surface area contributed by atoms with Gasteiger partial charge in [0, 0.05) is 5.02 Å². The van der Waals surface area contributed by atoms with Gasteiger partial charge < -0.3 is 5.32 Å². The van der Waals surface area contributed by atoms with Gasteiger partial charge in [0.25, 0.3) is 5.91 Å². The van der Waals surface area contributed by atoms with E-state index in [9.17, 15) is 4.79 Å². The molecule has 0 saturated carbocycles. The summed E-state index contributed by atoms with van der Waals surface area (Å²) in [6.07, 6.45) is 1.44. The minimum atomic E-state index is -0.537. The van der Waals surface area contributed by atoms with Crippen LogP contribution in [0, 0.1) is 11.3 Å². The Morgan fingerprint density at radius 1 is 1.05 bits per heavy atom. The van der Waals surface area contributed by atoms with Crippen LogP contribution in [0.5, 0.6) is 0 Å². The number of benzene rings is 2. The highest BCUT2D eigenvalue weighted by Gasteiger charge is 2.11. The predicted octanol–water partition coefficient (Wildman–Crippen LogP) is 4.54. The average Bonchev–Trinajstić information content (AvgIpc) is 2.48. The molecule has 104 valence electrons. The fourth-order valence-corrected chi connectivity index (χ4v) is 2.02. The molecule has 2 aromatic rings.